The van der Waals surface area contributed by atoms with E-state index in [-0.39, 0.29) is 18.3 Å². The standard InChI is InChI=1S/C12H11N5O2/c1-19-10-5-3-2-4-9(10)15-12(18)7-17-8-14-16-11(17)6-13/h2-5,8H,7H2,1H3,(H,15,18). The van der Waals surface area contributed by atoms with E-state index in [1.807, 2.05) is 12.1 Å². The van der Waals surface area contributed by atoms with Crippen LogP contribution in [0.25, 0.3) is 0 Å². The Morgan fingerprint density at radius 1 is 1.53 bits per heavy atom. The highest BCUT2D eigenvalue weighted by molar-refractivity contribution is 5.92. The van der Waals surface area contributed by atoms with Crippen molar-refractivity contribution in [1.82, 2.24) is 14.8 Å². The van der Waals surface area contributed by atoms with E-state index in [0.29, 0.717) is 11.4 Å². The fourth-order valence-corrected chi connectivity index (χ4v) is 1.55. The number of aromatic nitrogens is 3. The van der Waals surface area contributed by atoms with Gasteiger partial charge in [0, 0.05) is 0 Å². The van der Waals surface area contributed by atoms with Crippen molar-refractivity contribution >= 4 is 11.6 Å². The molecule has 1 aromatic carbocycles. The molecule has 0 aliphatic heterocycles. The molecule has 0 fully saturated rings. The van der Waals surface area contributed by atoms with Crippen LogP contribution in [0.2, 0.25) is 0 Å². The number of rotatable bonds is 4. The summed E-state index contributed by atoms with van der Waals surface area (Å²) in [7, 11) is 1.53. The number of carbonyl (C=O) groups excluding carboxylic acids is 1. The molecule has 0 atom stereocenters. The van der Waals surface area contributed by atoms with Gasteiger partial charge in [0.05, 0.1) is 12.8 Å². The molecule has 2 rings (SSSR count). The fraction of sp³-hybridized carbons (Fsp3) is 0.167. The third kappa shape index (κ3) is 2.87. The van der Waals surface area contributed by atoms with Crippen molar-refractivity contribution in [2.45, 2.75) is 6.54 Å². The third-order valence-corrected chi connectivity index (χ3v) is 2.41. The molecule has 7 heteroatoms. The van der Waals surface area contributed by atoms with Gasteiger partial charge < -0.3 is 10.1 Å². The maximum atomic E-state index is 11.9. The van der Waals surface area contributed by atoms with Gasteiger partial charge in [-0.25, -0.2) is 0 Å². The van der Waals surface area contributed by atoms with Crippen molar-refractivity contribution in [3.63, 3.8) is 0 Å². The number of hydrogen-bond acceptors (Lipinski definition) is 5. The number of nitrogens with zero attached hydrogens (tertiary/aromatic N) is 4. The first kappa shape index (κ1) is 12.6. The van der Waals surface area contributed by atoms with Crippen LogP contribution in [0.4, 0.5) is 5.69 Å². The summed E-state index contributed by atoms with van der Waals surface area (Å²) in [5.74, 6) is 0.371. The molecule has 0 aliphatic carbocycles. The van der Waals surface area contributed by atoms with Gasteiger partial charge in [0.2, 0.25) is 11.7 Å². The Labute approximate surface area is 109 Å². The van der Waals surface area contributed by atoms with Gasteiger partial charge in [-0.1, -0.05) is 12.1 Å². The van der Waals surface area contributed by atoms with E-state index in [9.17, 15) is 4.79 Å². The number of para-hydroxylation sites is 2. The topological polar surface area (TPSA) is 92.8 Å². The van der Waals surface area contributed by atoms with Gasteiger partial charge in [-0.15, -0.1) is 10.2 Å². The normalized spacial score (nSPS) is 9.68. The van der Waals surface area contributed by atoms with Crippen molar-refractivity contribution in [1.29, 1.82) is 5.26 Å². The van der Waals surface area contributed by atoms with Gasteiger partial charge >= 0.3 is 0 Å². The van der Waals surface area contributed by atoms with E-state index in [4.69, 9.17) is 10.00 Å². The van der Waals surface area contributed by atoms with E-state index in [1.165, 1.54) is 18.0 Å². The highest BCUT2D eigenvalue weighted by Gasteiger charge is 2.10. The van der Waals surface area contributed by atoms with Gasteiger partial charge in [-0.3, -0.25) is 9.36 Å². The smallest absolute Gasteiger partial charge is 0.244 e. The number of benzene rings is 1. The van der Waals surface area contributed by atoms with Crippen LogP contribution in [0.15, 0.2) is 30.6 Å². The first-order valence-electron chi connectivity index (χ1n) is 5.45. The third-order valence-electron chi connectivity index (χ3n) is 2.41. The molecule has 1 heterocycles. The van der Waals surface area contributed by atoms with E-state index >= 15 is 0 Å². The molecule has 1 aromatic heterocycles. The second-order valence-electron chi connectivity index (χ2n) is 3.64. The second-order valence-corrected chi connectivity index (χ2v) is 3.64. The van der Waals surface area contributed by atoms with Crippen LogP contribution in [-0.4, -0.2) is 27.8 Å². The van der Waals surface area contributed by atoms with Crippen LogP contribution < -0.4 is 10.1 Å². The monoisotopic (exact) mass is 257 g/mol. The summed E-state index contributed by atoms with van der Waals surface area (Å²) in [6, 6.07) is 8.92. The lowest BCUT2D eigenvalue weighted by Crippen LogP contribution is -2.19. The maximum absolute atomic E-state index is 11.9. The SMILES string of the molecule is COc1ccccc1NC(=O)Cn1cnnc1C#N. The Kier molecular flexibility index (Phi) is 3.73. The molecule has 0 bridgehead atoms. The average Bonchev–Trinajstić information content (AvgIpc) is 2.86. The largest absolute Gasteiger partial charge is 0.495 e. The van der Waals surface area contributed by atoms with Crippen LogP contribution in [0.3, 0.4) is 0 Å². The Balaban J connectivity index is 2.08. The lowest BCUT2D eigenvalue weighted by molar-refractivity contribution is -0.116. The minimum atomic E-state index is -0.291. The summed E-state index contributed by atoms with van der Waals surface area (Å²) in [5, 5.41) is 18.6. The first-order valence-corrected chi connectivity index (χ1v) is 5.45. The minimum absolute atomic E-state index is 0.0338. The number of nitrogens with one attached hydrogen (secondary N) is 1. The Bertz CT molecular complexity index is 629. The zero-order valence-corrected chi connectivity index (χ0v) is 10.2. The zero-order valence-electron chi connectivity index (χ0n) is 10.2. The molecule has 0 saturated heterocycles. The van der Waals surface area contributed by atoms with Crippen LogP contribution >= 0.6 is 0 Å². The molecule has 0 radical (unpaired) electrons. The molecule has 7 nitrogen and oxygen atoms in total. The number of hydrogen-bond donors (Lipinski definition) is 1. The summed E-state index contributed by atoms with van der Waals surface area (Å²) in [5.41, 5.74) is 0.571. The highest BCUT2D eigenvalue weighted by atomic mass is 16.5. The first-order chi connectivity index (χ1) is 9.24. The minimum Gasteiger partial charge on any atom is -0.495 e. The lowest BCUT2D eigenvalue weighted by atomic mass is 10.3. The molecular weight excluding hydrogens is 246 g/mol. The molecule has 96 valence electrons. The molecule has 2 aromatic rings. The molecule has 0 unspecified atom stereocenters. The molecule has 19 heavy (non-hydrogen) atoms. The Morgan fingerprint density at radius 2 is 2.32 bits per heavy atom. The number of amides is 1. The number of nitriles is 1. The van der Waals surface area contributed by atoms with Gasteiger partial charge in [0.25, 0.3) is 0 Å². The fourth-order valence-electron chi connectivity index (χ4n) is 1.55. The highest BCUT2D eigenvalue weighted by Crippen LogP contribution is 2.22. The number of methoxy groups -OCH3 is 1. The van der Waals surface area contributed by atoms with Gasteiger partial charge in [0.1, 0.15) is 24.7 Å². The van der Waals surface area contributed by atoms with Crippen molar-refractivity contribution in [2.75, 3.05) is 12.4 Å². The molecule has 1 N–H and O–H groups in total. The Hall–Kier alpha value is -2.88. The number of ether oxygens (including phenoxy) is 1. The van der Waals surface area contributed by atoms with Crippen LogP contribution in [-0.2, 0) is 11.3 Å². The summed E-state index contributed by atoms with van der Waals surface area (Å²) < 4.78 is 6.49. The van der Waals surface area contributed by atoms with E-state index < -0.39 is 0 Å². The summed E-state index contributed by atoms with van der Waals surface area (Å²) in [6.07, 6.45) is 1.33. The zero-order chi connectivity index (χ0) is 13.7. The predicted molar refractivity (Wildman–Crippen MR) is 66.4 cm³/mol. The molecular formula is C12H11N5O2. The molecule has 1 amide bonds. The van der Waals surface area contributed by atoms with Crippen molar-refractivity contribution in [3.8, 4) is 11.8 Å². The van der Waals surface area contributed by atoms with E-state index in [0.717, 1.165) is 0 Å². The Morgan fingerprint density at radius 3 is 3.05 bits per heavy atom. The van der Waals surface area contributed by atoms with Crippen LogP contribution in [0, 0.1) is 11.3 Å². The maximum Gasteiger partial charge on any atom is 0.244 e. The van der Waals surface area contributed by atoms with Gasteiger partial charge in [0.15, 0.2) is 0 Å². The predicted octanol–water partition coefficient (Wildman–Crippen LogP) is 0.797. The number of carbonyl (C=O) groups is 1. The molecule has 0 aliphatic rings. The van der Waals surface area contributed by atoms with E-state index in [1.54, 1.807) is 18.2 Å². The van der Waals surface area contributed by atoms with Crippen LogP contribution in [0.1, 0.15) is 5.82 Å². The van der Waals surface area contributed by atoms with Crippen LogP contribution in [0.5, 0.6) is 5.75 Å². The van der Waals surface area contributed by atoms with Crippen molar-refractivity contribution in [3.05, 3.63) is 36.4 Å². The number of anilines is 1. The lowest BCUT2D eigenvalue weighted by Gasteiger charge is -2.09. The van der Waals surface area contributed by atoms with Crippen molar-refractivity contribution < 1.29 is 9.53 Å². The average molecular weight is 257 g/mol. The second kappa shape index (κ2) is 5.64. The molecule has 0 spiro atoms. The quantitative estimate of drug-likeness (QED) is 0.874. The van der Waals surface area contributed by atoms with E-state index in [2.05, 4.69) is 15.5 Å². The summed E-state index contributed by atoms with van der Waals surface area (Å²) >= 11 is 0. The van der Waals surface area contributed by atoms with Crippen molar-refractivity contribution in [2.24, 2.45) is 0 Å². The van der Waals surface area contributed by atoms with Gasteiger partial charge in [-0.05, 0) is 12.1 Å². The van der Waals surface area contributed by atoms with Gasteiger partial charge in [-0.2, -0.15) is 5.26 Å². The molecule has 0 saturated carbocycles. The summed E-state index contributed by atoms with van der Waals surface area (Å²) in [6.45, 7) is -0.0338. The summed E-state index contributed by atoms with van der Waals surface area (Å²) in [4.78, 5) is 11.9.